The lowest BCUT2D eigenvalue weighted by Crippen LogP contribution is -2.41. The molecular weight excluding hydrogens is 306 g/mol. The van der Waals surface area contributed by atoms with E-state index in [4.69, 9.17) is 4.52 Å². The fourth-order valence-corrected chi connectivity index (χ4v) is 3.02. The third-order valence-electron chi connectivity index (χ3n) is 4.41. The van der Waals surface area contributed by atoms with Crippen LogP contribution in [0.1, 0.15) is 55.6 Å². The highest BCUT2D eigenvalue weighted by atomic mass is 16.5. The number of hydrogen-bond acceptors (Lipinski definition) is 5. The maximum absolute atomic E-state index is 12.5. The van der Waals surface area contributed by atoms with Crippen molar-refractivity contribution in [1.29, 1.82) is 0 Å². The molecule has 0 bridgehead atoms. The van der Waals surface area contributed by atoms with E-state index < -0.39 is 0 Å². The monoisotopic (exact) mass is 331 g/mol. The lowest BCUT2D eigenvalue weighted by Gasteiger charge is -2.32. The summed E-state index contributed by atoms with van der Waals surface area (Å²) in [6.07, 6.45) is 4.10. The number of likely N-dealkylation sites (tertiary alicyclic amines) is 1. The Morgan fingerprint density at radius 2 is 2.21 bits per heavy atom. The van der Waals surface area contributed by atoms with Crippen LogP contribution in [0.2, 0.25) is 0 Å². The Balaban J connectivity index is 1.63. The molecule has 0 radical (unpaired) electrons. The molecule has 0 aliphatic carbocycles. The summed E-state index contributed by atoms with van der Waals surface area (Å²) in [6, 6.07) is 1.69. The summed E-state index contributed by atoms with van der Waals surface area (Å²) in [4.78, 5) is 14.4. The Bertz CT molecular complexity index is 713. The summed E-state index contributed by atoms with van der Waals surface area (Å²) in [5.41, 5.74) is 1.38. The van der Waals surface area contributed by atoms with Crippen molar-refractivity contribution in [3.05, 3.63) is 29.4 Å². The van der Waals surface area contributed by atoms with Crippen LogP contribution in [0.25, 0.3) is 0 Å². The topological polar surface area (TPSA) is 77.1 Å². The number of aryl methyl sites for hydroxylation is 1. The Hall–Kier alpha value is -2.18. The highest BCUT2D eigenvalue weighted by Crippen LogP contribution is 2.22. The lowest BCUT2D eigenvalue weighted by atomic mass is 9.93. The van der Waals surface area contributed by atoms with Gasteiger partial charge in [0.05, 0.1) is 5.69 Å². The molecule has 1 amide bonds. The van der Waals surface area contributed by atoms with Crippen molar-refractivity contribution < 1.29 is 9.32 Å². The molecule has 7 heteroatoms. The van der Waals surface area contributed by atoms with E-state index in [0.717, 1.165) is 38.2 Å². The minimum atomic E-state index is -0.0504. The summed E-state index contributed by atoms with van der Waals surface area (Å²) in [5.74, 6) is 0.986. The van der Waals surface area contributed by atoms with Gasteiger partial charge in [0, 0.05) is 37.3 Å². The predicted octanol–water partition coefficient (Wildman–Crippen LogP) is 2.42. The quantitative estimate of drug-likeness (QED) is 0.863. The van der Waals surface area contributed by atoms with Crippen molar-refractivity contribution in [2.75, 3.05) is 13.1 Å². The SMILES string of the molecule is Cc1cc(C(=O)N2CCC[C@H](Cn3cc(C(C)(C)C)nn3)C2)no1. The van der Waals surface area contributed by atoms with Gasteiger partial charge in [0.15, 0.2) is 5.69 Å². The summed E-state index contributed by atoms with van der Waals surface area (Å²) in [6.45, 7) is 10.4. The van der Waals surface area contributed by atoms with Gasteiger partial charge >= 0.3 is 0 Å². The van der Waals surface area contributed by atoms with Gasteiger partial charge in [-0.1, -0.05) is 31.1 Å². The molecule has 3 heterocycles. The zero-order valence-corrected chi connectivity index (χ0v) is 14.8. The second-order valence-corrected chi connectivity index (χ2v) is 7.66. The Labute approximate surface area is 142 Å². The van der Waals surface area contributed by atoms with Crippen molar-refractivity contribution >= 4 is 5.91 Å². The Kier molecular flexibility index (Phi) is 4.43. The highest BCUT2D eigenvalue weighted by molar-refractivity contribution is 5.92. The van der Waals surface area contributed by atoms with Crippen molar-refractivity contribution in [2.45, 2.75) is 52.5 Å². The van der Waals surface area contributed by atoms with Gasteiger partial charge in [-0.15, -0.1) is 5.10 Å². The van der Waals surface area contributed by atoms with Crippen LogP contribution in [0.5, 0.6) is 0 Å². The van der Waals surface area contributed by atoms with Gasteiger partial charge in [-0.3, -0.25) is 9.48 Å². The van der Waals surface area contributed by atoms with Crippen LogP contribution in [-0.4, -0.2) is 44.0 Å². The van der Waals surface area contributed by atoms with Gasteiger partial charge in [0.25, 0.3) is 5.91 Å². The third kappa shape index (κ3) is 3.66. The molecule has 2 aromatic rings. The molecule has 1 aliphatic rings. The first-order valence-corrected chi connectivity index (χ1v) is 8.46. The number of amides is 1. The summed E-state index contributed by atoms with van der Waals surface area (Å²) in [7, 11) is 0. The first-order chi connectivity index (χ1) is 11.3. The summed E-state index contributed by atoms with van der Waals surface area (Å²) >= 11 is 0. The summed E-state index contributed by atoms with van der Waals surface area (Å²) < 4.78 is 6.92. The Morgan fingerprint density at radius 1 is 1.42 bits per heavy atom. The molecule has 3 rings (SSSR count). The van der Waals surface area contributed by atoms with Gasteiger partial charge in [-0.05, 0) is 25.7 Å². The zero-order valence-electron chi connectivity index (χ0n) is 14.8. The molecule has 0 unspecified atom stereocenters. The van der Waals surface area contributed by atoms with E-state index in [9.17, 15) is 4.79 Å². The van der Waals surface area contributed by atoms with E-state index in [1.807, 2.05) is 15.8 Å². The molecule has 7 nitrogen and oxygen atoms in total. The number of aromatic nitrogens is 4. The minimum Gasteiger partial charge on any atom is -0.361 e. The van der Waals surface area contributed by atoms with Gasteiger partial charge in [0.1, 0.15) is 5.76 Å². The van der Waals surface area contributed by atoms with E-state index in [2.05, 4.69) is 36.2 Å². The largest absolute Gasteiger partial charge is 0.361 e. The van der Waals surface area contributed by atoms with Gasteiger partial charge in [-0.2, -0.15) is 0 Å². The highest BCUT2D eigenvalue weighted by Gasteiger charge is 2.27. The molecule has 0 N–H and O–H groups in total. The number of rotatable bonds is 3. The number of carbonyl (C=O) groups excluding carboxylic acids is 1. The van der Waals surface area contributed by atoms with Crippen molar-refractivity contribution in [2.24, 2.45) is 5.92 Å². The van der Waals surface area contributed by atoms with Crippen LogP contribution < -0.4 is 0 Å². The fourth-order valence-electron chi connectivity index (χ4n) is 3.02. The van der Waals surface area contributed by atoms with Gasteiger partial charge in [-0.25, -0.2) is 0 Å². The van der Waals surface area contributed by atoms with Crippen LogP contribution in [0.3, 0.4) is 0 Å². The molecular formula is C17H25N5O2. The molecule has 130 valence electrons. The van der Waals surface area contributed by atoms with Crippen LogP contribution in [0, 0.1) is 12.8 Å². The van der Waals surface area contributed by atoms with Crippen LogP contribution in [0.15, 0.2) is 16.8 Å². The average molecular weight is 331 g/mol. The maximum Gasteiger partial charge on any atom is 0.276 e. The van der Waals surface area contributed by atoms with Crippen molar-refractivity contribution in [1.82, 2.24) is 25.1 Å². The second-order valence-electron chi connectivity index (χ2n) is 7.66. The van der Waals surface area contributed by atoms with Crippen LogP contribution in [0.4, 0.5) is 0 Å². The smallest absolute Gasteiger partial charge is 0.276 e. The second kappa shape index (κ2) is 6.37. The van der Waals surface area contributed by atoms with Gasteiger partial charge < -0.3 is 9.42 Å². The standard InChI is InChI=1S/C17H25N5O2/c1-12-8-14(19-24-12)16(23)21-7-5-6-13(9-21)10-22-11-15(18-20-22)17(2,3)4/h8,11,13H,5-7,9-10H2,1-4H3/t13-/m0/s1. The first-order valence-electron chi connectivity index (χ1n) is 8.46. The van der Waals surface area contributed by atoms with Crippen molar-refractivity contribution in [3.8, 4) is 0 Å². The molecule has 1 atom stereocenters. The number of piperidine rings is 1. The molecule has 1 aliphatic heterocycles. The maximum atomic E-state index is 12.5. The average Bonchev–Trinajstić information content (AvgIpc) is 3.15. The zero-order chi connectivity index (χ0) is 17.3. The molecule has 0 aromatic carbocycles. The molecule has 24 heavy (non-hydrogen) atoms. The van der Waals surface area contributed by atoms with Crippen molar-refractivity contribution in [3.63, 3.8) is 0 Å². The lowest BCUT2D eigenvalue weighted by molar-refractivity contribution is 0.0649. The molecule has 0 saturated carbocycles. The number of hydrogen-bond donors (Lipinski definition) is 0. The third-order valence-corrected chi connectivity index (χ3v) is 4.41. The molecule has 0 spiro atoms. The van der Waals surface area contributed by atoms with Crippen LogP contribution >= 0.6 is 0 Å². The van der Waals surface area contributed by atoms with E-state index in [1.54, 1.807) is 13.0 Å². The van der Waals surface area contributed by atoms with E-state index in [0.29, 0.717) is 17.4 Å². The fraction of sp³-hybridized carbons (Fsp3) is 0.647. The normalized spacial score (nSPS) is 18.8. The van der Waals surface area contributed by atoms with Gasteiger partial charge in [0.2, 0.25) is 0 Å². The van der Waals surface area contributed by atoms with E-state index in [-0.39, 0.29) is 11.3 Å². The molecule has 2 aromatic heterocycles. The predicted molar refractivity (Wildman–Crippen MR) is 88.6 cm³/mol. The minimum absolute atomic E-state index is 0.00235. The number of carbonyl (C=O) groups is 1. The number of nitrogens with zero attached hydrogens (tertiary/aromatic N) is 5. The van der Waals surface area contributed by atoms with Crippen LogP contribution in [-0.2, 0) is 12.0 Å². The molecule has 1 fully saturated rings. The molecule has 1 saturated heterocycles. The van der Waals surface area contributed by atoms with E-state index in [1.165, 1.54) is 0 Å². The first kappa shape index (κ1) is 16.7. The van der Waals surface area contributed by atoms with E-state index >= 15 is 0 Å². The Morgan fingerprint density at radius 3 is 2.83 bits per heavy atom. The summed E-state index contributed by atoms with van der Waals surface area (Å²) in [5, 5.41) is 12.3.